The van der Waals surface area contributed by atoms with Gasteiger partial charge < -0.3 is 22.6 Å². The molecule has 84 valence electrons. The molecule has 0 spiro atoms. The molecule has 0 rings (SSSR count). The first kappa shape index (κ1) is 24.7. The van der Waals surface area contributed by atoms with Crippen molar-refractivity contribution in [1.29, 1.82) is 0 Å². The zero-order chi connectivity index (χ0) is 11.3. The molecular formula is C8H21O2PS2Zn. The van der Waals surface area contributed by atoms with E-state index in [1.807, 2.05) is 0 Å². The third-order valence-electron chi connectivity index (χ3n) is 0.816. The average molecular weight is 310 g/mol. The maximum atomic E-state index is 7.87. The van der Waals surface area contributed by atoms with Gasteiger partial charge in [-0.05, 0) is 11.8 Å². The van der Waals surface area contributed by atoms with Gasteiger partial charge in [0, 0.05) is 0 Å². The summed E-state index contributed by atoms with van der Waals surface area (Å²) in [5.41, 5.74) is -3.11. The van der Waals surface area contributed by atoms with Crippen LogP contribution >= 0.6 is 17.9 Å². The van der Waals surface area contributed by atoms with Crippen LogP contribution in [0.15, 0.2) is 0 Å². The van der Waals surface area contributed by atoms with E-state index in [2.05, 4.69) is 64.6 Å². The first-order valence-corrected chi connectivity index (χ1v) is 8.03. The van der Waals surface area contributed by atoms with Crippen molar-refractivity contribution in [2.75, 3.05) is 0 Å². The third kappa shape index (κ3) is 170. The summed E-state index contributed by atoms with van der Waals surface area (Å²) in [5, 5.41) is 0. The van der Waals surface area contributed by atoms with Gasteiger partial charge in [-0.1, -0.05) is 26.1 Å². The van der Waals surface area contributed by atoms with Crippen LogP contribution in [0.25, 0.3) is 0 Å². The number of hydrogen-bond donors (Lipinski definition) is 3. The quantitative estimate of drug-likeness (QED) is 0.317. The van der Waals surface area contributed by atoms with Gasteiger partial charge in [0.1, 0.15) is 0 Å². The standard InChI is InChI=1S/2C4H9.H3O2PS2.Zn/c2*1-3-4-2;1-3(2,4)5;/h2*3H,4H2,1-2H3;(H3,1,2,4,5);/q2*-1;;+2. The van der Waals surface area contributed by atoms with E-state index in [9.17, 15) is 0 Å². The minimum absolute atomic E-state index is 0. The van der Waals surface area contributed by atoms with Crippen LogP contribution in [-0.4, -0.2) is 9.79 Å². The average Bonchev–Trinajstić information content (AvgIpc) is 2.01. The van der Waals surface area contributed by atoms with E-state index >= 15 is 0 Å². The molecule has 0 aliphatic carbocycles. The summed E-state index contributed by atoms with van der Waals surface area (Å²) < 4.78 is 0. The summed E-state index contributed by atoms with van der Waals surface area (Å²) in [7, 11) is 0. The Balaban J connectivity index is -0.0000000522. The Morgan fingerprint density at radius 1 is 1.14 bits per heavy atom. The van der Waals surface area contributed by atoms with Crippen LogP contribution in [-0.2, 0) is 31.3 Å². The van der Waals surface area contributed by atoms with E-state index in [4.69, 9.17) is 9.79 Å². The second-order valence-corrected chi connectivity index (χ2v) is 7.19. The van der Waals surface area contributed by atoms with E-state index in [-0.39, 0.29) is 19.5 Å². The molecule has 0 saturated heterocycles. The summed E-state index contributed by atoms with van der Waals surface area (Å²) >= 11 is 7.07. The normalized spacial score (nSPS) is 8.50. The molecule has 2 N–H and O–H groups in total. The molecule has 2 nitrogen and oxygen atoms in total. The summed E-state index contributed by atoms with van der Waals surface area (Å²) in [6, 6.07) is 0. The monoisotopic (exact) mass is 308 g/mol. The van der Waals surface area contributed by atoms with Gasteiger partial charge in [0.15, 0.2) is 0 Å². The summed E-state index contributed by atoms with van der Waals surface area (Å²) in [4.78, 5) is 15.7. The van der Waals surface area contributed by atoms with E-state index < -0.39 is 5.69 Å². The van der Waals surface area contributed by atoms with E-state index in [1.165, 1.54) is 12.8 Å². The second-order valence-electron chi connectivity index (χ2n) is 2.15. The molecule has 0 aromatic heterocycles. The Hall–Kier alpha value is 1.54. The first-order chi connectivity index (χ1) is 5.83. The van der Waals surface area contributed by atoms with Crippen molar-refractivity contribution >= 4 is 29.7 Å². The number of unbranched alkanes of at least 4 members (excludes halogenated alkanes) is 2. The van der Waals surface area contributed by atoms with Gasteiger partial charge in [0.25, 0.3) is 0 Å². The van der Waals surface area contributed by atoms with Crippen LogP contribution in [0.5, 0.6) is 0 Å². The molecule has 6 heteroatoms. The fourth-order valence-corrected chi connectivity index (χ4v) is 0. The molecule has 0 aliphatic rings. The topological polar surface area (TPSA) is 40.5 Å². The van der Waals surface area contributed by atoms with Gasteiger partial charge in [-0.25, -0.2) is 0 Å². The van der Waals surface area contributed by atoms with Crippen LogP contribution in [0.2, 0.25) is 0 Å². The fraction of sp³-hybridized carbons (Fsp3) is 0.750. The van der Waals surface area contributed by atoms with Gasteiger partial charge in [-0.15, -0.1) is 0 Å². The van der Waals surface area contributed by atoms with Crippen molar-refractivity contribution < 1.29 is 29.3 Å². The Morgan fingerprint density at radius 2 is 1.21 bits per heavy atom. The molecular weight excluding hydrogens is 289 g/mol. The Labute approximate surface area is 112 Å². The number of hydrogen-bond acceptors (Lipinski definition) is 1. The van der Waals surface area contributed by atoms with Gasteiger partial charge >= 0.3 is 19.5 Å². The van der Waals surface area contributed by atoms with Gasteiger partial charge in [-0.3, -0.25) is 0 Å². The van der Waals surface area contributed by atoms with Crippen molar-refractivity contribution in [2.24, 2.45) is 0 Å². The molecule has 0 unspecified atom stereocenters. The Bertz CT molecular complexity index is 104. The molecule has 0 aliphatic heterocycles. The maximum Gasteiger partial charge on any atom is 2.00 e. The summed E-state index contributed by atoms with van der Waals surface area (Å²) in [6.07, 6.45) is 6.64. The Morgan fingerprint density at radius 3 is 1.21 bits per heavy atom. The van der Waals surface area contributed by atoms with Crippen LogP contribution in [0.3, 0.4) is 0 Å². The van der Waals surface area contributed by atoms with Crippen molar-refractivity contribution in [2.45, 2.75) is 40.5 Å². The van der Waals surface area contributed by atoms with E-state index in [0.717, 1.165) is 0 Å². The molecule has 0 fully saturated rings. The van der Waals surface area contributed by atoms with E-state index in [0.29, 0.717) is 0 Å². The predicted molar refractivity (Wildman–Crippen MR) is 68.2 cm³/mol. The molecule has 0 heterocycles. The fourth-order valence-electron chi connectivity index (χ4n) is 0. The van der Waals surface area contributed by atoms with Crippen LogP contribution < -0.4 is 0 Å². The molecule has 0 bridgehead atoms. The molecule has 0 radical (unpaired) electrons. The van der Waals surface area contributed by atoms with Crippen molar-refractivity contribution in [3.63, 3.8) is 0 Å². The summed E-state index contributed by atoms with van der Waals surface area (Å²) in [5.74, 6) is 0. The van der Waals surface area contributed by atoms with Crippen LogP contribution in [0.4, 0.5) is 0 Å². The van der Waals surface area contributed by atoms with Crippen molar-refractivity contribution in [1.82, 2.24) is 0 Å². The zero-order valence-electron chi connectivity index (χ0n) is 9.47. The smallest absolute Gasteiger partial charge is 0.338 e. The predicted octanol–water partition coefficient (Wildman–Crippen LogP) is 3.36. The minimum atomic E-state index is -3.11. The van der Waals surface area contributed by atoms with Crippen molar-refractivity contribution in [3.05, 3.63) is 12.8 Å². The zero-order valence-corrected chi connectivity index (χ0v) is 15.0. The largest absolute Gasteiger partial charge is 2.00 e. The SMILES string of the molecule is C[CH-]CC.C[CH-]CC.OP(O)(=S)S.[Zn+2]. The molecule has 0 aromatic carbocycles. The molecule has 14 heavy (non-hydrogen) atoms. The molecule has 0 amide bonds. The van der Waals surface area contributed by atoms with Gasteiger partial charge in [0.2, 0.25) is 5.69 Å². The first-order valence-electron chi connectivity index (χ1n) is 4.17. The minimum Gasteiger partial charge on any atom is -0.338 e. The summed E-state index contributed by atoms with van der Waals surface area (Å²) in [6.45, 7) is 8.36. The Kier molecular flexibility index (Phi) is 35.3. The molecule has 0 aromatic rings. The maximum absolute atomic E-state index is 7.87. The van der Waals surface area contributed by atoms with Crippen molar-refractivity contribution in [3.8, 4) is 0 Å². The number of thiol groups is 1. The van der Waals surface area contributed by atoms with Gasteiger partial charge in [-0.2, -0.15) is 26.7 Å². The molecule has 0 atom stereocenters. The molecule has 0 saturated carbocycles. The van der Waals surface area contributed by atoms with Gasteiger partial charge in [0.05, 0.1) is 0 Å². The van der Waals surface area contributed by atoms with E-state index in [1.54, 1.807) is 0 Å². The number of rotatable bonds is 2. The third-order valence-corrected chi connectivity index (χ3v) is 0.816. The van der Waals surface area contributed by atoms with Crippen LogP contribution in [0, 0.1) is 12.8 Å². The van der Waals surface area contributed by atoms with Crippen LogP contribution in [0.1, 0.15) is 40.5 Å². The second kappa shape index (κ2) is 20.0.